The van der Waals surface area contributed by atoms with Crippen molar-refractivity contribution in [3.05, 3.63) is 34.7 Å². The maximum atomic E-state index is 12.5. The Balaban J connectivity index is 1.66. The van der Waals surface area contributed by atoms with Gasteiger partial charge < -0.3 is 27.4 Å². The molecule has 2 aromatic heterocycles. The van der Waals surface area contributed by atoms with Crippen LogP contribution in [0.25, 0.3) is 21.3 Å². The summed E-state index contributed by atoms with van der Waals surface area (Å²) in [5.41, 5.74) is 19.7. The third kappa shape index (κ3) is 4.60. The van der Waals surface area contributed by atoms with Crippen molar-refractivity contribution in [2.75, 3.05) is 36.4 Å². The van der Waals surface area contributed by atoms with Gasteiger partial charge in [0.05, 0.1) is 5.69 Å². The number of nitrogens with zero attached hydrogens (tertiary/aromatic N) is 3. The molecule has 1 aromatic carbocycles. The summed E-state index contributed by atoms with van der Waals surface area (Å²) in [5.74, 6) is -0.717. The molecule has 0 radical (unpaired) electrons. The number of rotatable bonds is 6. The number of benzene rings is 1. The number of carbonyl (C=O) groups is 2. The first-order valence-electron chi connectivity index (χ1n) is 10.7. The molecule has 1 aliphatic rings. The minimum Gasteiger partial charge on any atom is -0.397 e. The summed E-state index contributed by atoms with van der Waals surface area (Å²) in [4.78, 5) is 31.5. The maximum absolute atomic E-state index is 12.5. The topological polar surface area (TPSA) is 164 Å². The van der Waals surface area contributed by atoms with Crippen molar-refractivity contribution >= 4 is 50.6 Å². The minimum absolute atomic E-state index is 0.0354. The molecule has 0 unspecified atom stereocenters. The SMILES string of the molecule is N#Cc1c(N)nc2sc(C(N)=O)c(N)c2c1-c1cccc(NC(=O)CCN2CCCCC2)c1. The number of nitrogens with one attached hydrogen (secondary N) is 1. The zero-order chi connectivity index (χ0) is 23.5. The molecule has 4 rings (SSSR count). The van der Waals surface area contributed by atoms with E-state index in [-0.39, 0.29) is 27.9 Å². The van der Waals surface area contributed by atoms with Crippen molar-refractivity contribution in [1.29, 1.82) is 5.26 Å². The van der Waals surface area contributed by atoms with Crippen LogP contribution in [0.1, 0.15) is 40.9 Å². The summed E-state index contributed by atoms with van der Waals surface area (Å²) in [6, 6.07) is 9.19. The third-order valence-corrected chi connectivity index (χ3v) is 6.89. The highest BCUT2D eigenvalue weighted by molar-refractivity contribution is 7.21. The number of nitrogens with two attached hydrogens (primary N) is 3. The lowest BCUT2D eigenvalue weighted by atomic mass is 9.96. The van der Waals surface area contributed by atoms with Gasteiger partial charge in [-0.25, -0.2) is 4.98 Å². The van der Waals surface area contributed by atoms with Gasteiger partial charge in [0.2, 0.25) is 5.91 Å². The van der Waals surface area contributed by atoms with Gasteiger partial charge in [0.25, 0.3) is 5.91 Å². The Morgan fingerprint density at radius 2 is 1.97 bits per heavy atom. The van der Waals surface area contributed by atoms with Crippen molar-refractivity contribution < 1.29 is 9.59 Å². The molecule has 170 valence electrons. The van der Waals surface area contributed by atoms with Gasteiger partial charge in [-0.2, -0.15) is 5.26 Å². The van der Waals surface area contributed by atoms with Gasteiger partial charge in [-0.15, -0.1) is 11.3 Å². The first-order chi connectivity index (χ1) is 15.9. The molecule has 3 heterocycles. The van der Waals surface area contributed by atoms with Crippen LogP contribution >= 0.6 is 11.3 Å². The Hall–Kier alpha value is -3.68. The fraction of sp³-hybridized carbons (Fsp3) is 0.304. The Morgan fingerprint density at radius 1 is 1.21 bits per heavy atom. The van der Waals surface area contributed by atoms with Gasteiger partial charge in [-0.05, 0) is 43.6 Å². The van der Waals surface area contributed by atoms with Crippen molar-refractivity contribution in [2.45, 2.75) is 25.7 Å². The molecule has 0 spiro atoms. The second-order valence-corrected chi connectivity index (χ2v) is 9.03. The van der Waals surface area contributed by atoms with Crippen LogP contribution in [0.4, 0.5) is 17.2 Å². The summed E-state index contributed by atoms with van der Waals surface area (Å²) in [6.45, 7) is 2.80. The van der Waals surface area contributed by atoms with E-state index >= 15 is 0 Å². The van der Waals surface area contributed by atoms with E-state index in [4.69, 9.17) is 17.2 Å². The van der Waals surface area contributed by atoms with Crippen LogP contribution in [0.5, 0.6) is 0 Å². The Kier molecular flexibility index (Phi) is 6.44. The van der Waals surface area contributed by atoms with E-state index < -0.39 is 5.91 Å². The molecule has 1 saturated heterocycles. The standard InChI is InChI=1S/C23H25N7O2S/c24-12-15-17(18-19(25)20(22(27)32)33-23(18)29-21(15)26)13-5-4-6-14(11-13)28-16(31)7-10-30-8-2-1-3-9-30/h4-6,11H,1-3,7-10,25H2,(H2,26,29)(H2,27,32)(H,28,31). The van der Waals surface area contributed by atoms with E-state index in [1.165, 1.54) is 19.3 Å². The number of thiophene rings is 1. The number of primary amides is 1. The largest absolute Gasteiger partial charge is 0.397 e. The number of fused-ring (bicyclic) bond motifs is 1. The van der Waals surface area contributed by atoms with Gasteiger partial charge in [0.1, 0.15) is 27.2 Å². The van der Waals surface area contributed by atoms with Crippen LogP contribution in [0.3, 0.4) is 0 Å². The molecule has 0 atom stereocenters. The second-order valence-electron chi connectivity index (χ2n) is 8.03. The van der Waals surface area contributed by atoms with E-state index in [2.05, 4.69) is 21.3 Å². The summed E-state index contributed by atoms with van der Waals surface area (Å²) >= 11 is 1.03. The normalized spacial score (nSPS) is 14.2. The van der Waals surface area contributed by atoms with Crippen molar-refractivity contribution in [2.24, 2.45) is 5.73 Å². The van der Waals surface area contributed by atoms with Crippen LogP contribution in [0.15, 0.2) is 24.3 Å². The summed E-state index contributed by atoms with van der Waals surface area (Å²) in [5, 5.41) is 13.1. The average Bonchev–Trinajstić information content (AvgIpc) is 3.13. The number of hydrogen-bond donors (Lipinski definition) is 4. The highest BCUT2D eigenvalue weighted by atomic mass is 32.1. The number of nitrogen functional groups attached to an aromatic ring is 2. The van der Waals surface area contributed by atoms with Crippen LogP contribution in [-0.2, 0) is 4.79 Å². The van der Waals surface area contributed by atoms with Gasteiger partial charge in [-0.3, -0.25) is 9.59 Å². The quantitative estimate of drug-likeness (QED) is 0.436. The molecular weight excluding hydrogens is 438 g/mol. The molecule has 10 heteroatoms. The van der Waals surface area contributed by atoms with Crippen LogP contribution in [-0.4, -0.2) is 41.3 Å². The van der Waals surface area contributed by atoms with Crippen molar-refractivity contribution in [3.8, 4) is 17.2 Å². The lowest BCUT2D eigenvalue weighted by molar-refractivity contribution is -0.116. The number of anilines is 3. The smallest absolute Gasteiger partial charge is 0.260 e. The number of pyridine rings is 1. The van der Waals surface area contributed by atoms with Crippen LogP contribution in [0.2, 0.25) is 0 Å². The molecule has 7 N–H and O–H groups in total. The molecular formula is C23H25N7O2S. The molecule has 9 nitrogen and oxygen atoms in total. The maximum Gasteiger partial charge on any atom is 0.260 e. The van der Waals surface area contributed by atoms with Crippen LogP contribution < -0.4 is 22.5 Å². The highest BCUT2D eigenvalue weighted by Crippen LogP contribution is 2.42. The number of carbonyl (C=O) groups excluding carboxylic acids is 2. The average molecular weight is 464 g/mol. The van der Waals surface area contributed by atoms with E-state index in [0.717, 1.165) is 31.0 Å². The fourth-order valence-electron chi connectivity index (χ4n) is 4.17. The molecule has 0 aliphatic carbocycles. The van der Waals surface area contributed by atoms with Gasteiger partial charge in [0, 0.05) is 29.6 Å². The lowest BCUT2D eigenvalue weighted by Gasteiger charge is -2.25. The second kappa shape index (κ2) is 9.44. The van der Waals surface area contributed by atoms with Gasteiger partial charge in [-0.1, -0.05) is 18.6 Å². The number of hydrogen-bond acceptors (Lipinski definition) is 8. The fourth-order valence-corrected chi connectivity index (χ4v) is 5.14. The van der Waals surface area contributed by atoms with E-state index in [1.807, 2.05) is 0 Å². The lowest BCUT2D eigenvalue weighted by Crippen LogP contribution is -2.32. The molecule has 0 saturated carbocycles. The first kappa shape index (κ1) is 22.5. The van der Waals surface area contributed by atoms with Gasteiger partial charge in [0.15, 0.2) is 0 Å². The predicted octanol–water partition coefficient (Wildman–Crippen LogP) is 2.91. The number of piperidine rings is 1. The number of aromatic nitrogens is 1. The minimum atomic E-state index is -0.673. The molecule has 1 aliphatic heterocycles. The molecule has 0 bridgehead atoms. The molecule has 2 amide bonds. The zero-order valence-electron chi connectivity index (χ0n) is 18.1. The summed E-state index contributed by atoms with van der Waals surface area (Å²) < 4.78 is 0. The highest BCUT2D eigenvalue weighted by Gasteiger charge is 2.23. The number of nitriles is 1. The Morgan fingerprint density at radius 3 is 2.67 bits per heavy atom. The molecule has 33 heavy (non-hydrogen) atoms. The van der Waals surface area contributed by atoms with Crippen molar-refractivity contribution in [3.63, 3.8) is 0 Å². The number of likely N-dealkylation sites (tertiary alicyclic amines) is 1. The zero-order valence-corrected chi connectivity index (χ0v) is 18.9. The Bertz CT molecular complexity index is 1270. The van der Waals surface area contributed by atoms with Crippen molar-refractivity contribution in [1.82, 2.24) is 9.88 Å². The van der Waals surface area contributed by atoms with E-state index in [1.54, 1.807) is 24.3 Å². The van der Waals surface area contributed by atoms with Gasteiger partial charge >= 0.3 is 0 Å². The third-order valence-electron chi connectivity index (χ3n) is 5.78. The molecule has 3 aromatic rings. The molecule has 1 fully saturated rings. The summed E-state index contributed by atoms with van der Waals surface area (Å²) in [7, 11) is 0. The van der Waals surface area contributed by atoms with E-state index in [9.17, 15) is 14.9 Å². The Labute approximate surface area is 195 Å². The summed E-state index contributed by atoms with van der Waals surface area (Å²) in [6.07, 6.45) is 4.01. The monoisotopic (exact) mass is 463 g/mol. The number of amides is 2. The van der Waals surface area contributed by atoms with Crippen LogP contribution in [0, 0.1) is 11.3 Å². The predicted molar refractivity (Wildman–Crippen MR) is 131 cm³/mol. The first-order valence-corrected chi connectivity index (χ1v) is 11.5. The van der Waals surface area contributed by atoms with E-state index in [0.29, 0.717) is 33.5 Å².